The van der Waals surface area contributed by atoms with E-state index in [-0.39, 0.29) is 5.78 Å². The Bertz CT molecular complexity index is 1120. The lowest BCUT2D eigenvalue weighted by molar-refractivity contribution is -0.117. The number of carbonyl (C=O) groups excluding carboxylic acids is 1. The average molecular weight is 478 g/mol. The van der Waals surface area contributed by atoms with Gasteiger partial charge in [-0.25, -0.2) is 0 Å². The Labute approximate surface area is 208 Å². The third kappa shape index (κ3) is 6.99. The molecule has 1 N–H and O–H groups in total. The first-order valence-corrected chi connectivity index (χ1v) is 11.8. The summed E-state index contributed by atoms with van der Waals surface area (Å²) in [5.74, 6) is 3.09. The number of nitrogens with one attached hydrogen (secondary N) is 1. The van der Waals surface area contributed by atoms with Gasteiger partial charge in [0.2, 0.25) is 0 Å². The lowest BCUT2D eigenvalue weighted by Gasteiger charge is -2.17. The standard InChI is InChI=1S/C29H35NO5/c1-20(31)9-8-14-30-18-27-28(33-4)16-25(17-29(27)34-5)35-19-23-11-7-13-26(21(23)2)22-10-6-12-24(15-22)32-3/h6-7,10-13,15-17,30H,8-9,14,18-19H2,1-5H3. The molecule has 3 aromatic carbocycles. The summed E-state index contributed by atoms with van der Waals surface area (Å²) in [6, 6.07) is 18.1. The lowest BCUT2D eigenvalue weighted by Crippen LogP contribution is -2.16. The second-order valence-electron chi connectivity index (χ2n) is 8.40. The second-order valence-corrected chi connectivity index (χ2v) is 8.40. The summed E-state index contributed by atoms with van der Waals surface area (Å²) in [4.78, 5) is 11.1. The van der Waals surface area contributed by atoms with Gasteiger partial charge in [0, 0.05) is 25.1 Å². The van der Waals surface area contributed by atoms with Gasteiger partial charge >= 0.3 is 0 Å². The molecule has 0 unspecified atom stereocenters. The zero-order valence-corrected chi connectivity index (χ0v) is 21.3. The van der Waals surface area contributed by atoms with Crippen molar-refractivity contribution in [3.05, 3.63) is 71.3 Å². The van der Waals surface area contributed by atoms with Crippen molar-refractivity contribution < 1.29 is 23.7 Å². The Hall–Kier alpha value is -3.51. The maximum atomic E-state index is 11.1. The smallest absolute Gasteiger partial charge is 0.130 e. The van der Waals surface area contributed by atoms with E-state index in [1.165, 1.54) is 0 Å². The van der Waals surface area contributed by atoms with Gasteiger partial charge in [0.15, 0.2) is 0 Å². The van der Waals surface area contributed by atoms with E-state index in [4.69, 9.17) is 18.9 Å². The highest BCUT2D eigenvalue weighted by Crippen LogP contribution is 2.35. The van der Waals surface area contributed by atoms with Crippen LogP contribution in [0.3, 0.4) is 0 Å². The Kier molecular flexibility index (Phi) is 9.56. The van der Waals surface area contributed by atoms with Crippen molar-refractivity contribution >= 4 is 5.78 Å². The molecule has 3 aromatic rings. The van der Waals surface area contributed by atoms with Crippen LogP contribution in [0.25, 0.3) is 11.1 Å². The maximum Gasteiger partial charge on any atom is 0.130 e. The lowest BCUT2D eigenvalue weighted by atomic mass is 9.96. The zero-order chi connectivity index (χ0) is 25.2. The van der Waals surface area contributed by atoms with Gasteiger partial charge < -0.3 is 29.1 Å². The normalized spacial score (nSPS) is 10.7. The summed E-state index contributed by atoms with van der Waals surface area (Å²) in [5, 5.41) is 3.36. The Balaban J connectivity index is 1.74. The number of methoxy groups -OCH3 is 3. The molecule has 0 heterocycles. The topological polar surface area (TPSA) is 66.0 Å². The quantitative estimate of drug-likeness (QED) is 0.317. The predicted octanol–water partition coefficient (Wildman–Crippen LogP) is 5.73. The van der Waals surface area contributed by atoms with E-state index in [1.54, 1.807) is 28.3 Å². The number of benzene rings is 3. The summed E-state index contributed by atoms with van der Waals surface area (Å²) < 4.78 is 22.8. The molecule has 186 valence electrons. The van der Waals surface area contributed by atoms with Crippen LogP contribution >= 0.6 is 0 Å². The van der Waals surface area contributed by atoms with Crippen molar-refractivity contribution in [2.24, 2.45) is 0 Å². The summed E-state index contributed by atoms with van der Waals surface area (Å²) in [7, 11) is 4.95. The molecular weight excluding hydrogens is 442 g/mol. The van der Waals surface area contributed by atoms with Crippen LogP contribution in [-0.2, 0) is 17.9 Å². The highest BCUT2D eigenvalue weighted by molar-refractivity contribution is 5.75. The first-order valence-electron chi connectivity index (χ1n) is 11.8. The molecule has 0 saturated carbocycles. The van der Waals surface area contributed by atoms with Gasteiger partial charge in [-0.05, 0) is 61.2 Å². The molecule has 0 spiro atoms. The monoisotopic (exact) mass is 477 g/mol. The van der Waals surface area contributed by atoms with Crippen LogP contribution in [0.15, 0.2) is 54.6 Å². The zero-order valence-electron chi connectivity index (χ0n) is 21.3. The van der Waals surface area contributed by atoms with Gasteiger partial charge in [0.05, 0.1) is 26.9 Å². The molecule has 0 fully saturated rings. The summed E-state index contributed by atoms with van der Waals surface area (Å²) in [6.07, 6.45) is 1.38. The SMILES string of the molecule is COc1cccc(-c2cccc(COc3cc(OC)c(CNCCCC(C)=O)c(OC)c3)c2C)c1. The maximum absolute atomic E-state index is 11.1. The second kappa shape index (κ2) is 12.8. The summed E-state index contributed by atoms with van der Waals surface area (Å²) in [6.45, 7) is 5.45. The third-order valence-electron chi connectivity index (χ3n) is 5.99. The minimum Gasteiger partial charge on any atom is -0.497 e. The van der Waals surface area contributed by atoms with Gasteiger partial charge in [0.25, 0.3) is 0 Å². The van der Waals surface area contributed by atoms with Crippen molar-refractivity contribution in [3.63, 3.8) is 0 Å². The number of rotatable bonds is 13. The van der Waals surface area contributed by atoms with E-state index in [0.29, 0.717) is 36.8 Å². The van der Waals surface area contributed by atoms with Crippen LogP contribution in [0.2, 0.25) is 0 Å². The third-order valence-corrected chi connectivity index (χ3v) is 5.99. The molecule has 0 aliphatic carbocycles. The Morgan fingerprint density at radius 1 is 0.886 bits per heavy atom. The van der Waals surface area contributed by atoms with Crippen molar-refractivity contribution in [1.82, 2.24) is 5.32 Å². The largest absolute Gasteiger partial charge is 0.497 e. The molecule has 3 rings (SSSR count). The minimum absolute atomic E-state index is 0.202. The molecular formula is C29H35NO5. The van der Waals surface area contributed by atoms with Crippen molar-refractivity contribution in [1.29, 1.82) is 0 Å². The fourth-order valence-electron chi connectivity index (χ4n) is 4.00. The van der Waals surface area contributed by atoms with Crippen LogP contribution in [-0.4, -0.2) is 33.7 Å². The number of hydrogen-bond acceptors (Lipinski definition) is 6. The first kappa shape index (κ1) is 26.1. The molecule has 0 aliphatic heterocycles. The predicted molar refractivity (Wildman–Crippen MR) is 139 cm³/mol. The average Bonchev–Trinajstić information content (AvgIpc) is 2.87. The van der Waals surface area contributed by atoms with Crippen LogP contribution in [0.4, 0.5) is 0 Å². The Morgan fingerprint density at radius 2 is 1.60 bits per heavy atom. The fourth-order valence-corrected chi connectivity index (χ4v) is 4.00. The molecule has 0 bridgehead atoms. The van der Waals surface area contributed by atoms with E-state index >= 15 is 0 Å². The van der Waals surface area contributed by atoms with E-state index in [1.807, 2.05) is 36.4 Å². The van der Waals surface area contributed by atoms with Crippen molar-refractivity contribution in [2.75, 3.05) is 27.9 Å². The Morgan fingerprint density at radius 3 is 2.26 bits per heavy atom. The molecule has 0 aliphatic rings. The molecule has 6 nitrogen and oxygen atoms in total. The number of Topliss-reactive ketones (excluding diaryl/α,β-unsaturated/α-hetero) is 1. The molecule has 0 aromatic heterocycles. The van der Waals surface area contributed by atoms with E-state index in [0.717, 1.165) is 46.5 Å². The van der Waals surface area contributed by atoms with Crippen LogP contribution < -0.4 is 24.3 Å². The van der Waals surface area contributed by atoms with E-state index in [9.17, 15) is 4.79 Å². The molecule has 35 heavy (non-hydrogen) atoms. The van der Waals surface area contributed by atoms with Crippen LogP contribution in [0.5, 0.6) is 23.0 Å². The van der Waals surface area contributed by atoms with Crippen molar-refractivity contribution in [2.45, 2.75) is 39.8 Å². The molecule has 0 amide bonds. The highest BCUT2D eigenvalue weighted by atomic mass is 16.5. The van der Waals surface area contributed by atoms with Crippen molar-refractivity contribution in [3.8, 4) is 34.1 Å². The van der Waals surface area contributed by atoms with Gasteiger partial charge in [-0.3, -0.25) is 0 Å². The van der Waals surface area contributed by atoms with Crippen LogP contribution in [0.1, 0.15) is 36.5 Å². The van der Waals surface area contributed by atoms with Gasteiger partial charge in [-0.1, -0.05) is 30.3 Å². The number of carbonyl (C=O) groups is 1. The number of ketones is 1. The molecule has 0 radical (unpaired) electrons. The summed E-state index contributed by atoms with van der Waals surface area (Å²) >= 11 is 0. The van der Waals surface area contributed by atoms with Crippen LogP contribution in [0, 0.1) is 6.92 Å². The fraction of sp³-hybridized carbons (Fsp3) is 0.345. The van der Waals surface area contributed by atoms with E-state index < -0.39 is 0 Å². The minimum atomic E-state index is 0.202. The van der Waals surface area contributed by atoms with E-state index in [2.05, 4.69) is 30.4 Å². The first-order chi connectivity index (χ1) is 17.0. The molecule has 0 saturated heterocycles. The highest BCUT2D eigenvalue weighted by Gasteiger charge is 2.14. The number of ether oxygens (including phenoxy) is 4. The van der Waals surface area contributed by atoms with Gasteiger partial charge in [-0.15, -0.1) is 0 Å². The molecule has 6 heteroatoms. The number of hydrogen-bond donors (Lipinski definition) is 1. The summed E-state index contributed by atoms with van der Waals surface area (Å²) in [5.41, 5.74) is 5.42. The van der Waals surface area contributed by atoms with Gasteiger partial charge in [-0.2, -0.15) is 0 Å². The molecule has 0 atom stereocenters. The van der Waals surface area contributed by atoms with Gasteiger partial charge in [0.1, 0.15) is 35.4 Å².